The zero-order chi connectivity index (χ0) is 11.8. The van der Waals surface area contributed by atoms with E-state index in [1.165, 1.54) is 5.56 Å². The van der Waals surface area contributed by atoms with Crippen LogP contribution in [0.15, 0.2) is 12.3 Å². The van der Waals surface area contributed by atoms with E-state index in [0.29, 0.717) is 13.0 Å². The van der Waals surface area contributed by atoms with Gasteiger partial charge in [0.2, 0.25) is 0 Å². The van der Waals surface area contributed by atoms with E-state index in [-0.39, 0.29) is 0 Å². The molecule has 88 valence electrons. The summed E-state index contributed by atoms with van der Waals surface area (Å²) in [6, 6.07) is 2.05. The third-order valence-electron chi connectivity index (χ3n) is 2.49. The second-order valence-corrected chi connectivity index (χ2v) is 3.64. The van der Waals surface area contributed by atoms with Crippen LogP contribution in [0.1, 0.15) is 37.9 Å². The summed E-state index contributed by atoms with van der Waals surface area (Å²) in [6.45, 7) is 4.80. The molecule has 0 unspecified atom stereocenters. The van der Waals surface area contributed by atoms with Crippen molar-refractivity contribution in [1.82, 2.24) is 4.98 Å². The van der Waals surface area contributed by atoms with Gasteiger partial charge in [0.1, 0.15) is 12.0 Å². The first kappa shape index (κ1) is 12.7. The molecule has 0 bridgehead atoms. The molecule has 0 fully saturated rings. The lowest BCUT2D eigenvalue weighted by molar-refractivity contribution is -0.108. The Morgan fingerprint density at radius 3 is 2.81 bits per heavy atom. The van der Waals surface area contributed by atoms with Crippen LogP contribution in [0.25, 0.3) is 0 Å². The molecule has 0 saturated heterocycles. The van der Waals surface area contributed by atoms with Crippen molar-refractivity contribution in [2.24, 2.45) is 0 Å². The van der Waals surface area contributed by atoms with Crippen LogP contribution in [-0.4, -0.2) is 17.9 Å². The first-order valence-corrected chi connectivity index (χ1v) is 5.86. The molecule has 0 aliphatic carbocycles. The average molecular weight is 221 g/mol. The second kappa shape index (κ2) is 6.99. The highest BCUT2D eigenvalue weighted by molar-refractivity contribution is 5.49. The van der Waals surface area contributed by atoms with Crippen LogP contribution < -0.4 is 4.74 Å². The third kappa shape index (κ3) is 3.65. The molecule has 0 saturated carbocycles. The van der Waals surface area contributed by atoms with Gasteiger partial charge in [-0.3, -0.25) is 4.98 Å². The summed E-state index contributed by atoms with van der Waals surface area (Å²) in [4.78, 5) is 14.5. The number of ether oxygens (including phenoxy) is 1. The summed E-state index contributed by atoms with van der Waals surface area (Å²) in [5, 5.41) is 0. The second-order valence-electron chi connectivity index (χ2n) is 3.64. The van der Waals surface area contributed by atoms with E-state index in [1.54, 1.807) is 6.20 Å². The Bertz CT molecular complexity index is 337. The van der Waals surface area contributed by atoms with Crippen LogP contribution >= 0.6 is 0 Å². The molecule has 0 aliphatic rings. The van der Waals surface area contributed by atoms with Crippen molar-refractivity contribution >= 4 is 6.29 Å². The van der Waals surface area contributed by atoms with Crippen LogP contribution in [0.3, 0.4) is 0 Å². The maximum Gasteiger partial charge on any atom is 0.137 e. The molecule has 0 amide bonds. The Kier molecular flexibility index (Phi) is 5.54. The molecular weight excluding hydrogens is 202 g/mol. The lowest BCUT2D eigenvalue weighted by atomic mass is 10.1. The fourth-order valence-electron chi connectivity index (χ4n) is 1.58. The van der Waals surface area contributed by atoms with Gasteiger partial charge in [0.05, 0.1) is 12.8 Å². The van der Waals surface area contributed by atoms with Crippen molar-refractivity contribution in [3.63, 3.8) is 0 Å². The van der Waals surface area contributed by atoms with E-state index < -0.39 is 0 Å². The first-order chi connectivity index (χ1) is 7.81. The molecule has 0 N–H and O–H groups in total. The number of hydrogen-bond donors (Lipinski definition) is 0. The number of aryl methyl sites for hydroxylation is 2. The molecule has 1 rings (SSSR count). The minimum absolute atomic E-state index is 0.557. The molecule has 0 aliphatic heterocycles. The maximum absolute atomic E-state index is 10.1. The van der Waals surface area contributed by atoms with E-state index >= 15 is 0 Å². The molecule has 0 radical (unpaired) electrons. The minimum Gasteiger partial charge on any atom is -0.492 e. The fraction of sp³-hybridized carbons (Fsp3) is 0.538. The lowest BCUT2D eigenvalue weighted by Gasteiger charge is -2.09. The molecule has 0 spiro atoms. The van der Waals surface area contributed by atoms with Crippen molar-refractivity contribution in [3.05, 3.63) is 23.5 Å². The van der Waals surface area contributed by atoms with Gasteiger partial charge in [-0.05, 0) is 30.9 Å². The van der Waals surface area contributed by atoms with Gasteiger partial charge in [0.15, 0.2) is 0 Å². The number of nitrogens with zero attached hydrogens (tertiary/aromatic N) is 1. The summed E-state index contributed by atoms with van der Waals surface area (Å²) in [5.74, 6) is 0.806. The normalized spacial score (nSPS) is 10.1. The summed E-state index contributed by atoms with van der Waals surface area (Å²) in [5.41, 5.74) is 2.39. The molecule has 0 aromatic carbocycles. The zero-order valence-electron chi connectivity index (χ0n) is 10.0. The lowest BCUT2D eigenvalue weighted by Crippen LogP contribution is -2.01. The number of carbonyl (C=O) groups excluding carboxylic acids is 1. The van der Waals surface area contributed by atoms with Crippen molar-refractivity contribution < 1.29 is 9.53 Å². The van der Waals surface area contributed by atoms with Crippen molar-refractivity contribution in [1.29, 1.82) is 0 Å². The van der Waals surface area contributed by atoms with E-state index in [1.807, 2.05) is 6.07 Å². The number of rotatable bonds is 7. The quantitative estimate of drug-likeness (QED) is 0.524. The molecule has 1 heterocycles. The first-order valence-electron chi connectivity index (χ1n) is 5.86. The topological polar surface area (TPSA) is 39.2 Å². The Morgan fingerprint density at radius 2 is 2.19 bits per heavy atom. The monoisotopic (exact) mass is 221 g/mol. The SMILES string of the molecule is CCc1cc(OCCCC=O)cnc1CC. The summed E-state index contributed by atoms with van der Waals surface area (Å²) in [7, 11) is 0. The number of hydrogen-bond acceptors (Lipinski definition) is 3. The molecule has 3 nitrogen and oxygen atoms in total. The number of carbonyl (C=O) groups is 1. The van der Waals surface area contributed by atoms with Gasteiger partial charge < -0.3 is 9.53 Å². The van der Waals surface area contributed by atoms with Gasteiger partial charge in [0.25, 0.3) is 0 Å². The highest BCUT2D eigenvalue weighted by Gasteiger charge is 2.02. The third-order valence-corrected chi connectivity index (χ3v) is 2.49. The molecule has 0 atom stereocenters. The van der Waals surface area contributed by atoms with E-state index in [0.717, 1.165) is 37.0 Å². The van der Waals surface area contributed by atoms with Crippen molar-refractivity contribution in [2.75, 3.05) is 6.61 Å². The van der Waals surface area contributed by atoms with Crippen LogP contribution in [0.2, 0.25) is 0 Å². The Hall–Kier alpha value is -1.38. The predicted octanol–water partition coefficient (Wildman–Crippen LogP) is 2.56. The average Bonchev–Trinajstić information content (AvgIpc) is 2.34. The Labute approximate surface area is 96.8 Å². The fourth-order valence-corrected chi connectivity index (χ4v) is 1.58. The van der Waals surface area contributed by atoms with Gasteiger partial charge in [-0.25, -0.2) is 0 Å². The van der Waals surface area contributed by atoms with Gasteiger partial charge >= 0.3 is 0 Å². The number of unbranched alkanes of at least 4 members (excludes halogenated alkanes) is 1. The predicted molar refractivity (Wildman–Crippen MR) is 63.8 cm³/mol. The summed E-state index contributed by atoms with van der Waals surface area (Å²) < 4.78 is 5.53. The van der Waals surface area contributed by atoms with Gasteiger partial charge in [-0.2, -0.15) is 0 Å². The summed E-state index contributed by atoms with van der Waals surface area (Å²) >= 11 is 0. The van der Waals surface area contributed by atoms with E-state index in [4.69, 9.17) is 4.74 Å². The molecular formula is C13H19NO2. The highest BCUT2D eigenvalue weighted by Crippen LogP contribution is 2.16. The largest absolute Gasteiger partial charge is 0.492 e. The Morgan fingerprint density at radius 1 is 1.38 bits per heavy atom. The van der Waals surface area contributed by atoms with Crippen LogP contribution in [-0.2, 0) is 17.6 Å². The smallest absolute Gasteiger partial charge is 0.137 e. The van der Waals surface area contributed by atoms with E-state index in [2.05, 4.69) is 18.8 Å². The molecule has 1 aromatic rings. The number of pyridine rings is 1. The summed E-state index contributed by atoms with van der Waals surface area (Å²) in [6.07, 6.45) is 5.93. The molecule has 3 heteroatoms. The molecule has 16 heavy (non-hydrogen) atoms. The van der Waals surface area contributed by atoms with E-state index in [9.17, 15) is 4.79 Å². The van der Waals surface area contributed by atoms with Gasteiger partial charge in [-0.1, -0.05) is 13.8 Å². The number of aldehydes is 1. The standard InChI is InChI=1S/C13H19NO2/c1-3-11-9-12(10-14-13(11)4-2)16-8-6-5-7-15/h7,9-10H,3-6,8H2,1-2H3. The molecule has 1 aromatic heterocycles. The maximum atomic E-state index is 10.1. The highest BCUT2D eigenvalue weighted by atomic mass is 16.5. The Balaban J connectivity index is 2.57. The van der Waals surface area contributed by atoms with Crippen LogP contribution in [0.5, 0.6) is 5.75 Å². The van der Waals surface area contributed by atoms with Gasteiger partial charge in [-0.15, -0.1) is 0 Å². The van der Waals surface area contributed by atoms with Crippen LogP contribution in [0, 0.1) is 0 Å². The van der Waals surface area contributed by atoms with Crippen molar-refractivity contribution in [3.8, 4) is 5.75 Å². The number of aromatic nitrogens is 1. The van der Waals surface area contributed by atoms with Crippen LogP contribution in [0.4, 0.5) is 0 Å². The van der Waals surface area contributed by atoms with Gasteiger partial charge in [0, 0.05) is 12.1 Å². The zero-order valence-corrected chi connectivity index (χ0v) is 10.0. The van der Waals surface area contributed by atoms with Crippen molar-refractivity contribution in [2.45, 2.75) is 39.5 Å². The minimum atomic E-state index is 0.557.